The molecule has 1 fully saturated rings. The number of piperidine rings is 1. The quantitative estimate of drug-likeness (QED) is 0.827. The molecule has 2 atom stereocenters. The molecule has 0 radical (unpaired) electrons. The molecule has 0 spiro atoms. The van der Waals surface area contributed by atoms with Crippen LogP contribution in [-0.4, -0.2) is 34.1 Å². The highest BCUT2D eigenvalue weighted by Gasteiger charge is 2.36. The first kappa shape index (κ1) is 18.3. The van der Waals surface area contributed by atoms with Crippen LogP contribution in [0.5, 0.6) is 0 Å². The smallest absolute Gasteiger partial charge is 0.337 e. The molecular formula is C16H20F3N5. The molecule has 5 nitrogen and oxygen atoms in total. The molecule has 0 N–H and O–H groups in total. The van der Waals surface area contributed by atoms with Crippen molar-refractivity contribution in [1.82, 2.24) is 14.5 Å². The molecule has 2 unspecified atom stereocenters. The Labute approximate surface area is 139 Å². The second kappa shape index (κ2) is 7.67. The lowest BCUT2D eigenvalue weighted by molar-refractivity contribution is -0.141. The normalized spacial score (nSPS) is 20.3. The average molecular weight is 339 g/mol. The third-order valence-corrected chi connectivity index (χ3v) is 4.34. The van der Waals surface area contributed by atoms with E-state index in [2.05, 4.69) is 16.0 Å². The van der Waals surface area contributed by atoms with Crippen LogP contribution >= 0.6 is 0 Å². The van der Waals surface area contributed by atoms with Gasteiger partial charge < -0.3 is 9.47 Å². The van der Waals surface area contributed by atoms with E-state index in [9.17, 15) is 18.4 Å². The number of halogens is 3. The Bertz CT molecular complexity index is 638. The van der Waals surface area contributed by atoms with E-state index in [1.54, 1.807) is 7.05 Å². The highest BCUT2D eigenvalue weighted by molar-refractivity contribution is 5.12. The van der Waals surface area contributed by atoms with Crippen molar-refractivity contribution in [2.24, 2.45) is 13.0 Å². The van der Waals surface area contributed by atoms with Crippen molar-refractivity contribution in [2.45, 2.75) is 37.8 Å². The SMILES string of the molecule is Cn1cc(C(F)(F)F)nc1C1CCCN(CC(C#N)CCC#N)C1. The lowest BCUT2D eigenvalue weighted by Crippen LogP contribution is -2.38. The van der Waals surface area contributed by atoms with Crippen LogP contribution in [0.15, 0.2) is 6.20 Å². The second-order valence-corrected chi connectivity index (χ2v) is 6.21. The van der Waals surface area contributed by atoms with Crippen molar-refractivity contribution in [2.75, 3.05) is 19.6 Å². The minimum absolute atomic E-state index is 0.0739. The van der Waals surface area contributed by atoms with Crippen LogP contribution < -0.4 is 0 Å². The maximum absolute atomic E-state index is 12.8. The van der Waals surface area contributed by atoms with E-state index < -0.39 is 11.9 Å². The summed E-state index contributed by atoms with van der Waals surface area (Å²) in [7, 11) is 1.58. The number of aromatic nitrogens is 2. The van der Waals surface area contributed by atoms with Crippen LogP contribution in [0.1, 0.15) is 43.1 Å². The van der Waals surface area contributed by atoms with Crippen LogP contribution in [0.2, 0.25) is 0 Å². The van der Waals surface area contributed by atoms with Gasteiger partial charge in [-0.15, -0.1) is 0 Å². The van der Waals surface area contributed by atoms with Crippen LogP contribution in [-0.2, 0) is 13.2 Å². The summed E-state index contributed by atoms with van der Waals surface area (Å²) in [4.78, 5) is 5.89. The molecule has 0 saturated carbocycles. The lowest BCUT2D eigenvalue weighted by Gasteiger charge is -2.33. The Morgan fingerprint density at radius 2 is 2.17 bits per heavy atom. The molecule has 130 valence electrons. The third kappa shape index (κ3) is 4.48. The monoisotopic (exact) mass is 339 g/mol. The Kier molecular flexibility index (Phi) is 5.84. The molecule has 1 aromatic rings. The zero-order valence-corrected chi connectivity index (χ0v) is 13.6. The largest absolute Gasteiger partial charge is 0.434 e. The standard InChI is InChI=1S/C16H20F3N5/c1-23-11-14(16(17,18)19)22-15(23)13-5-3-7-24(10-13)9-12(8-21)4-2-6-20/h11-13H,2-5,7,9-10H2,1H3. The van der Waals surface area contributed by atoms with Gasteiger partial charge in [0.05, 0.1) is 18.1 Å². The molecule has 0 amide bonds. The molecule has 1 aromatic heterocycles. The summed E-state index contributed by atoms with van der Waals surface area (Å²) in [5.74, 6) is 0.142. The minimum Gasteiger partial charge on any atom is -0.337 e. The molecule has 0 bridgehead atoms. The number of hydrogen-bond acceptors (Lipinski definition) is 4. The van der Waals surface area contributed by atoms with Crippen molar-refractivity contribution < 1.29 is 13.2 Å². The first-order chi connectivity index (χ1) is 11.3. The minimum atomic E-state index is -4.44. The van der Waals surface area contributed by atoms with E-state index in [4.69, 9.17) is 5.26 Å². The van der Waals surface area contributed by atoms with Gasteiger partial charge in [-0.2, -0.15) is 23.7 Å². The molecule has 2 heterocycles. The topological polar surface area (TPSA) is 68.6 Å². The van der Waals surface area contributed by atoms with Crippen LogP contribution in [0.3, 0.4) is 0 Å². The van der Waals surface area contributed by atoms with Gasteiger partial charge in [0.2, 0.25) is 0 Å². The highest BCUT2D eigenvalue weighted by Crippen LogP contribution is 2.32. The Morgan fingerprint density at radius 3 is 2.75 bits per heavy atom. The number of likely N-dealkylation sites (tertiary alicyclic amines) is 1. The fourth-order valence-electron chi connectivity index (χ4n) is 3.18. The number of nitriles is 2. The highest BCUT2D eigenvalue weighted by atomic mass is 19.4. The van der Waals surface area contributed by atoms with E-state index in [1.165, 1.54) is 4.57 Å². The lowest BCUT2D eigenvalue weighted by atomic mass is 9.95. The predicted octanol–water partition coefficient (Wildman–Crippen LogP) is 3.06. The Hall–Kier alpha value is -2.06. The van der Waals surface area contributed by atoms with E-state index in [1.807, 2.05) is 6.07 Å². The Balaban J connectivity index is 2.04. The molecule has 1 aliphatic heterocycles. The zero-order valence-electron chi connectivity index (χ0n) is 13.6. The summed E-state index contributed by atoms with van der Waals surface area (Å²) in [6.07, 6.45) is -0.908. The van der Waals surface area contributed by atoms with Crippen molar-refractivity contribution in [3.63, 3.8) is 0 Å². The number of imidazole rings is 1. The van der Waals surface area contributed by atoms with Gasteiger partial charge in [-0.25, -0.2) is 4.98 Å². The van der Waals surface area contributed by atoms with Gasteiger partial charge in [-0.1, -0.05) is 0 Å². The Morgan fingerprint density at radius 1 is 1.42 bits per heavy atom. The van der Waals surface area contributed by atoms with E-state index in [0.29, 0.717) is 31.8 Å². The summed E-state index contributed by atoms with van der Waals surface area (Å²) in [6, 6.07) is 4.25. The summed E-state index contributed by atoms with van der Waals surface area (Å²) in [6.45, 7) is 1.95. The van der Waals surface area contributed by atoms with Gasteiger partial charge in [0.25, 0.3) is 0 Å². The number of nitrogens with zero attached hydrogens (tertiary/aromatic N) is 5. The zero-order chi connectivity index (χ0) is 17.7. The molecule has 0 aliphatic carbocycles. The first-order valence-corrected chi connectivity index (χ1v) is 7.94. The average Bonchev–Trinajstić information content (AvgIpc) is 2.94. The summed E-state index contributed by atoms with van der Waals surface area (Å²) >= 11 is 0. The molecule has 24 heavy (non-hydrogen) atoms. The van der Waals surface area contributed by atoms with Crippen LogP contribution in [0, 0.1) is 28.6 Å². The van der Waals surface area contributed by atoms with Gasteiger partial charge in [0.15, 0.2) is 5.69 Å². The number of hydrogen-bond donors (Lipinski definition) is 0. The third-order valence-electron chi connectivity index (χ3n) is 4.34. The van der Waals surface area contributed by atoms with E-state index >= 15 is 0 Å². The molecule has 2 rings (SSSR count). The van der Waals surface area contributed by atoms with Crippen molar-refractivity contribution >= 4 is 0 Å². The van der Waals surface area contributed by atoms with E-state index in [0.717, 1.165) is 25.6 Å². The van der Waals surface area contributed by atoms with E-state index in [-0.39, 0.29) is 11.8 Å². The van der Waals surface area contributed by atoms with Gasteiger partial charge in [0, 0.05) is 38.7 Å². The fraction of sp³-hybridized carbons (Fsp3) is 0.688. The molecule has 1 aliphatic rings. The van der Waals surface area contributed by atoms with Gasteiger partial charge in [-0.05, 0) is 25.8 Å². The van der Waals surface area contributed by atoms with Crippen molar-refractivity contribution in [3.8, 4) is 12.1 Å². The maximum atomic E-state index is 12.8. The van der Waals surface area contributed by atoms with Gasteiger partial charge >= 0.3 is 6.18 Å². The summed E-state index contributed by atoms with van der Waals surface area (Å²) in [5, 5.41) is 17.8. The predicted molar refractivity (Wildman–Crippen MR) is 80.6 cm³/mol. The summed E-state index contributed by atoms with van der Waals surface area (Å²) in [5.41, 5.74) is -0.860. The summed E-state index contributed by atoms with van der Waals surface area (Å²) < 4.78 is 39.9. The second-order valence-electron chi connectivity index (χ2n) is 6.21. The van der Waals surface area contributed by atoms with Gasteiger partial charge in [-0.3, -0.25) is 0 Å². The van der Waals surface area contributed by atoms with Crippen LogP contribution in [0.4, 0.5) is 13.2 Å². The number of aryl methyl sites for hydroxylation is 1. The van der Waals surface area contributed by atoms with Gasteiger partial charge in [0.1, 0.15) is 5.82 Å². The number of rotatable bonds is 5. The number of alkyl halides is 3. The fourth-order valence-corrected chi connectivity index (χ4v) is 3.18. The van der Waals surface area contributed by atoms with Crippen LogP contribution in [0.25, 0.3) is 0 Å². The molecule has 8 heteroatoms. The van der Waals surface area contributed by atoms with Crippen molar-refractivity contribution in [3.05, 3.63) is 17.7 Å². The molecular weight excluding hydrogens is 319 g/mol. The molecule has 0 aromatic carbocycles. The maximum Gasteiger partial charge on any atom is 0.434 e. The first-order valence-electron chi connectivity index (χ1n) is 7.94. The molecule has 1 saturated heterocycles. The van der Waals surface area contributed by atoms with Crippen molar-refractivity contribution in [1.29, 1.82) is 10.5 Å².